The number of benzene rings is 3. The largest absolute Gasteiger partial charge is 0.284 e. The molecule has 3 amide bonds. The topological polar surface area (TPSA) is 70.6 Å². The Morgan fingerprint density at radius 2 is 1.64 bits per heavy atom. The van der Waals surface area contributed by atoms with Gasteiger partial charge in [-0.25, -0.2) is 4.98 Å². The number of carbonyl (C=O) groups excluding carboxylic acids is 3. The van der Waals surface area contributed by atoms with Crippen molar-refractivity contribution in [2.24, 2.45) is 0 Å². The third-order valence-corrected chi connectivity index (χ3v) is 6.69. The first-order valence-electron chi connectivity index (χ1n) is 10.8. The molecule has 0 spiro atoms. The molecular weight excluding hydrogens is 434 g/mol. The van der Waals surface area contributed by atoms with Crippen LogP contribution in [0.3, 0.4) is 0 Å². The number of amides is 3. The number of hydrogen-bond acceptors (Lipinski definition) is 5. The van der Waals surface area contributed by atoms with Gasteiger partial charge in [0.2, 0.25) is 11.8 Å². The minimum Gasteiger partial charge on any atom is -0.284 e. The van der Waals surface area contributed by atoms with Crippen molar-refractivity contribution >= 4 is 50.1 Å². The van der Waals surface area contributed by atoms with E-state index in [9.17, 15) is 14.4 Å². The molecule has 0 radical (unpaired) electrons. The summed E-state index contributed by atoms with van der Waals surface area (Å²) in [6.07, 6.45) is 1.07. The lowest BCUT2D eigenvalue weighted by molar-refractivity contribution is -0.121. The van der Waals surface area contributed by atoms with Crippen molar-refractivity contribution in [1.82, 2.24) is 4.98 Å². The van der Waals surface area contributed by atoms with Gasteiger partial charge in [-0.2, -0.15) is 0 Å². The maximum absolute atomic E-state index is 13.7. The third kappa shape index (κ3) is 4.27. The zero-order valence-corrected chi connectivity index (χ0v) is 18.6. The zero-order valence-electron chi connectivity index (χ0n) is 17.8. The van der Waals surface area contributed by atoms with E-state index in [1.165, 1.54) is 16.2 Å². The standard InChI is InChI=1S/C26H21N3O3S/c30-23-13-14-24(31)29(23)20-10-6-9-19(17-20)25(32)28(16-15-18-7-2-1-3-8-18)26-27-21-11-4-5-12-22(21)33-26/h1-12,17H,13-16H2. The van der Waals surface area contributed by atoms with Crippen LogP contribution < -0.4 is 9.80 Å². The quantitative estimate of drug-likeness (QED) is 0.390. The number of fused-ring (bicyclic) bond motifs is 1. The highest BCUT2D eigenvalue weighted by atomic mass is 32.1. The highest BCUT2D eigenvalue weighted by Gasteiger charge is 2.31. The lowest BCUT2D eigenvalue weighted by atomic mass is 10.1. The van der Waals surface area contributed by atoms with Crippen LogP contribution in [0.25, 0.3) is 10.2 Å². The van der Waals surface area contributed by atoms with Gasteiger partial charge in [0.15, 0.2) is 5.13 Å². The van der Waals surface area contributed by atoms with Crippen molar-refractivity contribution < 1.29 is 14.4 Å². The average Bonchev–Trinajstić information content (AvgIpc) is 3.42. The molecule has 0 atom stereocenters. The second-order valence-electron chi connectivity index (χ2n) is 7.83. The summed E-state index contributed by atoms with van der Waals surface area (Å²) in [6.45, 7) is 0.453. The van der Waals surface area contributed by atoms with Gasteiger partial charge in [-0.1, -0.05) is 59.9 Å². The number of thiazole rings is 1. The summed E-state index contributed by atoms with van der Waals surface area (Å²) in [4.78, 5) is 45.6. The Labute approximate surface area is 195 Å². The van der Waals surface area contributed by atoms with Crippen LogP contribution in [0.5, 0.6) is 0 Å². The number of anilines is 2. The van der Waals surface area contributed by atoms with Crippen LogP contribution in [0.4, 0.5) is 10.8 Å². The van der Waals surface area contributed by atoms with E-state index in [1.54, 1.807) is 29.2 Å². The first kappa shape index (κ1) is 21.0. The van der Waals surface area contributed by atoms with E-state index in [-0.39, 0.29) is 30.6 Å². The first-order valence-corrected chi connectivity index (χ1v) is 11.6. The molecule has 6 nitrogen and oxygen atoms in total. The minimum atomic E-state index is -0.239. The monoisotopic (exact) mass is 455 g/mol. The van der Waals surface area contributed by atoms with Crippen molar-refractivity contribution in [2.75, 3.05) is 16.3 Å². The molecule has 2 heterocycles. The second-order valence-corrected chi connectivity index (χ2v) is 8.84. The molecule has 33 heavy (non-hydrogen) atoms. The Balaban J connectivity index is 1.49. The van der Waals surface area contributed by atoms with Crippen molar-refractivity contribution in [3.63, 3.8) is 0 Å². The lowest BCUT2D eigenvalue weighted by Crippen LogP contribution is -2.33. The Kier molecular flexibility index (Phi) is 5.71. The number of nitrogens with zero attached hydrogens (tertiary/aromatic N) is 3. The van der Waals surface area contributed by atoms with E-state index in [0.29, 0.717) is 29.3 Å². The molecule has 0 saturated carbocycles. The summed E-state index contributed by atoms with van der Waals surface area (Å²) < 4.78 is 1.01. The van der Waals surface area contributed by atoms with Gasteiger partial charge in [0.25, 0.3) is 5.91 Å². The van der Waals surface area contributed by atoms with Gasteiger partial charge in [-0.3, -0.25) is 24.2 Å². The number of hydrogen-bond donors (Lipinski definition) is 0. The normalized spacial score (nSPS) is 13.6. The molecule has 0 unspecified atom stereocenters. The van der Waals surface area contributed by atoms with Crippen LogP contribution >= 0.6 is 11.3 Å². The van der Waals surface area contributed by atoms with E-state index >= 15 is 0 Å². The van der Waals surface area contributed by atoms with Crippen molar-refractivity contribution in [1.29, 1.82) is 0 Å². The molecule has 164 valence electrons. The maximum atomic E-state index is 13.7. The predicted molar refractivity (Wildman–Crippen MR) is 130 cm³/mol. The van der Waals surface area contributed by atoms with Gasteiger partial charge < -0.3 is 0 Å². The van der Waals surface area contributed by atoms with Crippen LogP contribution in [-0.2, 0) is 16.0 Å². The maximum Gasteiger partial charge on any atom is 0.260 e. The number of imide groups is 1. The molecule has 1 fully saturated rings. The van der Waals surface area contributed by atoms with Gasteiger partial charge in [0, 0.05) is 24.9 Å². The Bertz CT molecular complexity index is 1300. The van der Waals surface area contributed by atoms with E-state index in [0.717, 1.165) is 15.8 Å². The number of para-hydroxylation sites is 1. The van der Waals surface area contributed by atoms with E-state index in [1.807, 2.05) is 54.6 Å². The van der Waals surface area contributed by atoms with Crippen molar-refractivity contribution in [2.45, 2.75) is 19.3 Å². The fraction of sp³-hybridized carbons (Fsp3) is 0.154. The number of rotatable bonds is 6. The first-order chi connectivity index (χ1) is 16.1. The summed E-state index contributed by atoms with van der Waals surface area (Å²) in [6, 6.07) is 24.5. The zero-order chi connectivity index (χ0) is 22.8. The smallest absolute Gasteiger partial charge is 0.260 e. The second kappa shape index (κ2) is 8.96. The Hall–Kier alpha value is -3.84. The molecule has 1 saturated heterocycles. The van der Waals surface area contributed by atoms with Gasteiger partial charge >= 0.3 is 0 Å². The fourth-order valence-electron chi connectivity index (χ4n) is 3.94. The molecule has 1 aliphatic rings. The van der Waals surface area contributed by atoms with E-state index in [4.69, 9.17) is 4.98 Å². The third-order valence-electron chi connectivity index (χ3n) is 5.63. The molecule has 0 N–H and O–H groups in total. The van der Waals surface area contributed by atoms with Gasteiger partial charge in [-0.05, 0) is 42.3 Å². The van der Waals surface area contributed by atoms with Crippen LogP contribution in [0.15, 0.2) is 78.9 Å². The molecule has 0 bridgehead atoms. The molecule has 5 rings (SSSR count). The summed E-state index contributed by atoms with van der Waals surface area (Å²) in [5, 5.41) is 0.621. The van der Waals surface area contributed by atoms with E-state index < -0.39 is 0 Å². The average molecular weight is 456 g/mol. The molecule has 1 aromatic heterocycles. The van der Waals surface area contributed by atoms with E-state index in [2.05, 4.69) is 0 Å². The van der Waals surface area contributed by atoms with Crippen LogP contribution in [0.2, 0.25) is 0 Å². The Morgan fingerprint density at radius 1 is 0.909 bits per heavy atom. The number of aromatic nitrogens is 1. The van der Waals surface area contributed by atoms with Gasteiger partial charge in [0.05, 0.1) is 15.9 Å². The summed E-state index contributed by atoms with van der Waals surface area (Å²) in [5.74, 6) is -0.695. The Morgan fingerprint density at radius 3 is 2.39 bits per heavy atom. The van der Waals surface area contributed by atoms with Crippen molar-refractivity contribution in [3.05, 3.63) is 90.0 Å². The lowest BCUT2D eigenvalue weighted by Gasteiger charge is -2.21. The molecule has 0 aliphatic carbocycles. The van der Waals surface area contributed by atoms with Crippen molar-refractivity contribution in [3.8, 4) is 0 Å². The molecule has 4 aromatic rings. The SMILES string of the molecule is O=C(c1cccc(N2C(=O)CCC2=O)c1)N(CCc1ccccc1)c1nc2ccccc2s1. The molecule has 7 heteroatoms. The van der Waals surface area contributed by atoms with Crippen LogP contribution in [-0.4, -0.2) is 29.3 Å². The van der Waals surface area contributed by atoms with Gasteiger partial charge in [0.1, 0.15) is 0 Å². The predicted octanol–water partition coefficient (Wildman–Crippen LogP) is 4.84. The van der Waals surface area contributed by atoms with Crippen LogP contribution in [0, 0.1) is 0 Å². The van der Waals surface area contributed by atoms with Gasteiger partial charge in [-0.15, -0.1) is 0 Å². The molecule has 3 aromatic carbocycles. The highest BCUT2D eigenvalue weighted by Crippen LogP contribution is 2.31. The summed E-state index contributed by atoms with van der Waals surface area (Å²) in [5.41, 5.74) is 2.81. The molecule has 1 aliphatic heterocycles. The minimum absolute atomic E-state index is 0.200. The summed E-state index contributed by atoms with van der Waals surface area (Å²) in [7, 11) is 0. The summed E-state index contributed by atoms with van der Waals surface area (Å²) >= 11 is 1.47. The molecular formula is C26H21N3O3S. The highest BCUT2D eigenvalue weighted by molar-refractivity contribution is 7.22. The van der Waals surface area contributed by atoms with Crippen LogP contribution in [0.1, 0.15) is 28.8 Å². The fourth-order valence-corrected chi connectivity index (χ4v) is 4.93. The number of carbonyl (C=O) groups is 3.